The number of likely N-dealkylation sites (tertiary alicyclic amines) is 1. The van der Waals surface area contributed by atoms with Crippen LogP contribution in [0.25, 0.3) is 0 Å². The molecule has 1 saturated heterocycles. The minimum atomic E-state index is -0.384. The van der Waals surface area contributed by atoms with Crippen molar-refractivity contribution in [3.63, 3.8) is 0 Å². The third-order valence-electron chi connectivity index (χ3n) is 2.93. The SMILES string of the molecule is CNC1CCN(Cc2cc(=O)c(O)co2)C1. The zero-order valence-corrected chi connectivity index (χ0v) is 9.27. The van der Waals surface area contributed by atoms with Crippen LogP contribution in [-0.4, -0.2) is 36.2 Å². The molecule has 2 rings (SSSR count). The molecule has 0 radical (unpaired) electrons. The lowest BCUT2D eigenvalue weighted by molar-refractivity contribution is 0.284. The summed E-state index contributed by atoms with van der Waals surface area (Å²) < 4.78 is 5.16. The van der Waals surface area contributed by atoms with E-state index in [1.54, 1.807) is 0 Å². The van der Waals surface area contributed by atoms with E-state index in [9.17, 15) is 4.79 Å². The number of hydrogen-bond acceptors (Lipinski definition) is 5. The lowest BCUT2D eigenvalue weighted by Crippen LogP contribution is -2.29. The Kier molecular flexibility index (Phi) is 3.26. The molecule has 1 aliphatic rings. The highest BCUT2D eigenvalue weighted by molar-refractivity contribution is 5.15. The number of rotatable bonds is 3. The fourth-order valence-corrected chi connectivity index (χ4v) is 1.96. The molecule has 1 aromatic rings. The van der Waals surface area contributed by atoms with Crippen LogP contribution in [0.3, 0.4) is 0 Å². The first-order valence-corrected chi connectivity index (χ1v) is 5.39. The van der Waals surface area contributed by atoms with Gasteiger partial charge < -0.3 is 14.8 Å². The summed E-state index contributed by atoms with van der Waals surface area (Å²) in [5.41, 5.74) is -0.384. The maximum atomic E-state index is 11.2. The molecule has 0 aromatic carbocycles. The smallest absolute Gasteiger partial charge is 0.226 e. The summed E-state index contributed by atoms with van der Waals surface area (Å²) >= 11 is 0. The van der Waals surface area contributed by atoms with Crippen molar-refractivity contribution in [2.24, 2.45) is 0 Å². The van der Waals surface area contributed by atoms with Gasteiger partial charge in [-0.05, 0) is 13.5 Å². The maximum Gasteiger partial charge on any atom is 0.226 e. The van der Waals surface area contributed by atoms with Gasteiger partial charge in [0.1, 0.15) is 12.0 Å². The highest BCUT2D eigenvalue weighted by Gasteiger charge is 2.21. The molecule has 0 amide bonds. The Balaban J connectivity index is 1.99. The number of nitrogens with zero attached hydrogens (tertiary/aromatic N) is 1. The highest BCUT2D eigenvalue weighted by Crippen LogP contribution is 2.13. The number of likely N-dealkylation sites (N-methyl/N-ethyl adjacent to an activating group) is 1. The largest absolute Gasteiger partial charge is 0.502 e. The molecule has 0 bridgehead atoms. The predicted octanol–water partition coefficient (Wildman–Crippen LogP) is 0.139. The summed E-state index contributed by atoms with van der Waals surface area (Å²) in [6.45, 7) is 2.57. The van der Waals surface area contributed by atoms with Crippen LogP contribution in [0.2, 0.25) is 0 Å². The van der Waals surface area contributed by atoms with Crippen molar-refractivity contribution in [1.82, 2.24) is 10.2 Å². The molecule has 0 aliphatic carbocycles. The molecule has 0 saturated carbocycles. The lowest BCUT2D eigenvalue weighted by atomic mass is 10.3. The second-order valence-electron chi connectivity index (χ2n) is 4.11. The van der Waals surface area contributed by atoms with Gasteiger partial charge in [0.2, 0.25) is 5.43 Å². The Morgan fingerprint density at radius 2 is 2.50 bits per heavy atom. The summed E-state index contributed by atoms with van der Waals surface area (Å²) in [5.74, 6) is 0.262. The van der Waals surface area contributed by atoms with Gasteiger partial charge in [-0.3, -0.25) is 9.69 Å². The van der Waals surface area contributed by atoms with Crippen molar-refractivity contribution in [2.45, 2.75) is 19.0 Å². The van der Waals surface area contributed by atoms with E-state index in [1.165, 1.54) is 6.07 Å². The van der Waals surface area contributed by atoms with E-state index >= 15 is 0 Å². The molecule has 1 unspecified atom stereocenters. The maximum absolute atomic E-state index is 11.2. The van der Waals surface area contributed by atoms with Crippen LogP contribution in [0.5, 0.6) is 5.75 Å². The van der Waals surface area contributed by atoms with Gasteiger partial charge in [0.15, 0.2) is 5.75 Å². The van der Waals surface area contributed by atoms with Gasteiger partial charge in [0.05, 0.1) is 6.54 Å². The van der Waals surface area contributed by atoms with Gasteiger partial charge in [-0.1, -0.05) is 0 Å². The summed E-state index contributed by atoms with van der Waals surface area (Å²) in [4.78, 5) is 13.4. The van der Waals surface area contributed by atoms with Crippen LogP contribution in [0, 0.1) is 0 Å². The molecule has 0 spiro atoms. The molecule has 2 heterocycles. The van der Waals surface area contributed by atoms with E-state index < -0.39 is 0 Å². The first-order valence-electron chi connectivity index (χ1n) is 5.39. The van der Waals surface area contributed by atoms with E-state index in [0.29, 0.717) is 18.3 Å². The monoisotopic (exact) mass is 224 g/mol. The Hall–Kier alpha value is -1.33. The van der Waals surface area contributed by atoms with E-state index in [1.807, 2.05) is 7.05 Å². The normalized spacial score (nSPS) is 21.4. The molecule has 1 atom stereocenters. The molecule has 1 aliphatic heterocycles. The van der Waals surface area contributed by atoms with Crippen molar-refractivity contribution >= 4 is 0 Å². The van der Waals surface area contributed by atoms with Gasteiger partial charge in [-0.25, -0.2) is 0 Å². The third kappa shape index (κ3) is 2.43. The average molecular weight is 224 g/mol. The Morgan fingerprint density at radius 1 is 1.69 bits per heavy atom. The topological polar surface area (TPSA) is 65.7 Å². The van der Waals surface area contributed by atoms with Crippen molar-refractivity contribution in [1.29, 1.82) is 0 Å². The van der Waals surface area contributed by atoms with E-state index in [0.717, 1.165) is 25.8 Å². The van der Waals surface area contributed by atoms with Gasteiger partial charge in [-0.2, -0.15) is 0 Å². The molecule has 16 heavy (non-hydrogen) atoms. The number of aromatic hydroxyl groups is 1. The fourth-order valence-electron chi connectivity index (χ4n) is 1.96. The lowest BCUT2D eigenvalue weighted by Gasteiger charge is -2.14. The first-order chi connectivity index (χ1) is 7.69. The average Bonchev–Trinajstić information content (AvgIpc) is 2.71. The molecular weight excluding hydrogens is 208 g/mol. The molecular formula is C11H16N2O3. The zero-order valence-electron chi connectivity index (χ0n) is 9.27. The Bertz CT molecular complexity index is 416. The fraction of sp³-hybridized carbons (Fsp3) is 0.545. The molecule has 1 fully saturated rings. The zero-order chi connectivity index (χ0) is 11.5. The van der Waals surface area contributed by atoms with Crippen LogP contribution >= 0.6 is 0 Å². The van der Waals surface area contributed by atoms with E-state index in [2.05, 4.69) is 10.2 Å². The van der Waals surface area contributed by atoms with E-state index in [-0.39, 0.29) is 11.2 Å². The van der Waals surface area contributed by atoms with Crippen LogP contribution in [0.1, 0.15) is 12.2 Å². The summed E-state index contributed by atoms with van der Waals surface area (Å²) in [7, 11) is 1.95. The van der Waals surface area contributed by atoms with Crippen molar-refractivity contribution in [3.8, 4) is 5.75 Å². The predicted molar refractivity (Wildman–Crippen MR) is 59.4 cm³/mol. The van der Waals surface area contributed by atoms with Gasteiger partial charge in [0, 0.05) is 25.2 Å². The van der Waals surface area contributed by atoms with Gasteiger partial charge in [0.25, 0.3) is 0 Å². The van der Waals surface area contributed by atoms with Crippen LogP contribution < -0.4 is 10.7 Å². The van der Waals surface area contributed by atoms with Crippen LogP contribution in [0.15, 0.2) is 21.5 Å². The third-order valence-corrected chi connectivity index (χ3v) is 2.93. The summed E-state index contributed by atoms with van der Waals surface area (Å²) in [5, 5.41) is 12.3. The number of nitrogens with one attached hydrogen (secondary N) is 1. The van der Waals surface area contributed by atoms with Crippen molar-refractivity contribution in [3.05, 3.63) is 28.3 Å². The molecule has 5 heteroatoms. The second-order valence-corrected chi connectivity index (χ2v) is 4.11. The van der Waals surface area contributed by atoms with Crippen LogP contribution in [-0.2, 0) is 6.54 Å². The number of hydrogen-bond donors (Lipinski definition) is 2. The van der Waals surface area contributed by atoms with E-state index in [4.69, 9.17) is 9.52 Å². The molecule has 2 N–H and O–H groups in total. The van der Waals surface area contributed by atoms with Gasteiger partial charge in [-0.15, -0.1) is 0 Å². The van der Waals surface area contributed by atoms with Crippen molar-refractivity contribution in [2.75, 3.05) is 20.1 Å². The van der Waals surface area contributed by atoms with Gasteiger partial charge >= 0.3 is 0 Å². The standard InChI is InChI=1S/C11H16N2O3/c1-12-8-2-3-13(5-8)6-9-4-10(14)11(15)7-16-9/h4,7-8,12,15H,2-3,5-6H2,1H3. The van der Waals surface area contributed by atoms with Crippen LogP contribution in [0.4, 0.5) is 0 Å². The molecule has 88 valence electrons. The van der Waals surface area contributed by atoms with Crippen molar-refractivity contribution < 1.29 is 9.52 Å². The quantitative estimate of drug-likeness (QED) is 0.764. The Morgan fingerprint density at radius 3 is 3.12 bits per heavy atom. The Labute approximate surface area is 93.7 Å². The minimum Gasteiger partial charge on any atom is -0.502 e. The molecule has 5 nitrogen and oxygen atoms in total. The highest BCUT2D eigenvalue weighted by atomic mass is 16.4. The summed E-state index contributed by atoms with van der Waals surface area (Å²) in [6.07, 6.45) is 2.21. The molecule has 1 aromatic heterocycles. The minimum absolute atomic E-state index is 0.335. The second kappa shape index (κ2) is 4.67. The summed E-state index contributed by atoms with van der Waals surface area (Å²) in [6, 6.07) is 1.87. The first kappa shape index (κ1) is 11.2.